The summed E-state index contributed by atoms with van der Waals surface area (Å²) in [5.74, 6) is -5.74. The molecule has 0 aliphatic carbocycles. The van der Waals surface area contributed by atoms with Crippen molar-refractivity contribution in [2.45, 2.75) is 62.7 Å². The molecule has 0 fully saturated rings. The highest BCUT2D eigenvalue weighted by Crippen LogP contribution is 2.04. The molecule has 4 unspecified atom stereocenters. The zero-order valence-electron chi connectivity index (χ0n) is 18.1. The maximum absolute atomic E-state index is 12.7. The molecule has 0 aliphatic rings. The molecular weight excluding hydrogens is 442 g/mol. The number of nitrogens with one attached hydrogen (secondary N) is 3. The molecule has 0 spiro atoms. The number of carboxylic acid groups (broad SMARTS) is 1. The molecule has 0 saturated carbocycles. The molecule has 15 heteroatoms. The minimum Gasteiger partial charge on any atom is -0.480 e. The van der Waals surface area contributed by atoms with Gasteiger partial charge in [-0.15, -0.1) is 0 Å². The number of carbonyl (C=O) groups excluding carboxylic acids is 5. The molecule has 0 bridgehead atoms. The van der Waals surface area contributed by atoms with Crippen LogP contribution < -0.4 is 38.9 Å². The minimum atomic E-state index is -1.55. The van der Waals surface area contributed by atoms with Crippen LogP contribution in [0.15, 0.2) is 0 Å². The quantitative estimate of drug-likeness (QED) is 0.0903. The van der Waals surface area contributed by atoms with Crippen LogP contribution >= 0.6 is 0 Å². The Morgan fingerprint density at radius 1 is 0.758 bits per heavy atom. The summed E-state index contributed by atoms with van der Waals surface area (Å²) < 4.78 is 0. The van der Waals surface area contributed by atoms with Crippen LogP contribution in [0.2, 0.25) is 0 Å². The van der Waals surface area contributed by atoms with E-state index in [4.69, 9.17) is 22.9 Å². The lowest BCUT2D eigenvalue weighted by Crippen LogP contribution is -2.58. The standard InChI is InChI=1S/C18H33N7O8/c19-6-2-1-3-10(23-15(29)9(20)7-14(22)28)16(30)25-12(8-26)17(31)24-11(18(32)33)4-5-13(21)27/h9-12,26H,1-8,19-20H2,(H2,21,27)(H2,22,28)(H,23,29)(H,24,31)(H,25,30)(H,32,33). The number of unbranched alkanes of at least 4 members (excludes halogenated alkanes) is 1. The first-order chi connectivity index (χ1) is 15.4. The van der Waals surface area contributed by atoms with Crippen molar-refractivity contribution in [1.29, 1.82) is 0 Å². The SMILES string of the molecule is NCCCCC(NC(=O)C(N)CC(N)=O)C(=O)NC(CO)C(=O)NC(CCC(N)=O)C(=O)O. The summed E-state index contributed by atoms with van der Waals surface area (Å²) in [4.78, 5) is 70.3. The third kappa shape index (κ3) is 12.4. The van der Waals surface area contributed by atoms with E-state index in [1.54, 1.807) is 0 Å². The fourth-order valence-corrected chi connectivity index (χ4v) is 2.63. The lowest BCUT2D eigenvalue weighted by atomic mass is 10.1. The first kappa shape index (κ1) is 29.7. The summed E-state index contributed by atoms with van der Waals surface area (Å²) >= 11 is 0. The van der Waals surface area contributed by atoms with Gasteiger partial charge in [-0.05, 0) is 32.2 Å². The van der Waals surface area contributed by atoms with Crippen molar-refractivity contribution in [2.24, 2.45) is 22.9 Å². The van der Waals surface area contributed by atoms with E-state index in [2.05, 4.69) is 16.0 Å². The number of aliphatic hydroxyl groups excluding tert-OH is 1. The number of hydrogen-bond acceptors (Lipinski definition) is 9. The molecule has 0 radical (unpaired) electrons. The van der Waals surface area contributed by atoms with Gasteiger partial charge in [0.05, 0.1) is 19.1 Å². The Hall–Kier alpha value is -3.30. The van der Waals surface area contributed by atoms with Crippen LogP contribution in [-0.4, -0.2) is 83.0 Å². The van der Waals surface area contributed by atoms with Crippen LogP contribution in [0.3, 0.4) is 0 Å². The monoisotopic (exact) mass is 475 g/mol. The molecule has 0 saturated heterocycles. The van der Waals surface area contributed by atoms with E-state index < -0.39 is 72.7 Å². The molecule has 0 aliphatic heterocycles. The smallest absolute Gasteiger partial charge is 0.326 e. The average Bonchev–Trinajstić information content (AvgIpc) is 2.72. The number of amides is 5. The highest BCUT2D eigenvalue weighted by atomic mass is 16.4. The largest absolute Gasteiger partial charge is 0.480 e. The normalized spacial score (nSPS) is 14.3. The Morgan fingerprint density at radius 2 is 1.30 bits per heavy atom. The predicted molar refractivity (Wildman–Crippen MR) is 114 cm³/mol. The Morgan fingerprint density at radius 3 is 1.79 bits per heavy atom. The summed E-state index contributed by atoms with van der Waals surface area (Å²) in [5.41, 5.74) is 21.0. The number of nitrogens with two attached hydrogens (primary N) is 4. The molecule has 5 amide bonds. The van der Waals surface area contributed by atoms with Crippen molar-refractivity contribution in [3.8, 4) is 0 Å². The van der Waals surface area contributed by atoms with Gasteiger partial charge in [-0.3, -0.25) is 24.0 Å². The van der Waals surface area contributed by atoms with E-state index in [1.165, 1.54) is 0 Å². The summed E-state index contributed by atoms with van der Waals surface area (Å²) in [6, 6.07) is -5.52. The topological polar surface area (TPSA) is 283 Å². The lowest BCUT2D eigenvalue weighted by molar-refractivity contribution is -0.143. The van der Waals surface area contributed by atoms with Crippen molar-refractivity contribution in [2.75, 3.05) is 13.2 Å². The van der Waals surface area contributed by atoms with Crippen LogP contribution in [0.25, 0.3) is 0 Å². The van der Waals surface area contributed by atoms with Crippen molar-refractivity contribution < 1.29 is 39.0 Å². The minimum absolute atomic E-state index is 0.105. The molecule has 33 heavy (non-hydrogen) atoms. The van der Waals surface area contributed by atoms with Gasteiger partial charge in [-0.2, -0.15) is 0 Å². The maximum Gasteiger partial charge on any atom is 0.326 e. The number of aliphatic hydroxyl groups is 1. The second-order valence-corrected chi connectivity index (χ2v) is 7.27. The number of aliphatic carboxylic acids is 1. The van der Waals surface area contributed by atoms with Crippen LogP contribution in [-0.2, 0) is 28.8 Å². The molecular formula is C18H33N7O8. The van der Waals surface area contributed by atoms with Gasteiger partial charge < -0.3 is 49.1 Å². The Balaban J connectivity index is 5.25. The second kappa shape index (κ2) is 15.5. The number of rotatable bonds is 17. The second-order valence-electron chi connectivity index (χ2n) is 7.27. The fourth-order valence-electron chi connectivity index (χ4n) is 2.63. The van der Waals surface area contributed by atoms with Gasteiger partial charge in [0.15, 0.2) is 0 Å². The Bertz CT molecular complexity index is 718. The summed E-state index contributed by atoms with van der Waals surface area (Å²) in [6.07, 6.45) is -0.00583. The fraction of sp³-hybridized carbons (Fsp3) is 0.667. The van der Waals surface area contributed by atoms with Crippen molar-refractivity contribution in [3.63, 3.8) is 0 Å². The Kier molecular flexibility index (Phi) is 13.9. The third-order valence-electron chi connectivity index (χ3n) is 4.45. The molecule has 0 heterocycles. The molecule has 15 nitrogen and oxygen atoms in total. The third-order valence-corrected chi connectivity index (χ3v) is 4.45. The van der Waals surface area contributed by atoms with E-state index in [-0.39, 0.29) is 19.3 Å². The molecule has 0 aromatic rings. The van der Waals surface area contributed by atoms with Gasteiger partial charge in [-0.1, -0.05) is 0 Å². The zero-order chi connectivity index (χ0) is 25.6. The van der Waals surface area contributed by atoms with Crippen LogP contribution in [0.1, 0.15) is 38.5 Å². The van der Waals surface area contributed by atoms with Crippen molar-refractivity contribution in [3.05, 3.63) is 0 Å². The molecule has 188 valence electrons. The average molecular weight is 476 g/mol. The van der Waals surface area contributed by atoms with Crippen LogP contribution in [0.4, 0.5) is 0 Å². The first-order valence-electron chi connectivity index (χ1n) is 10.2. The molecule has 0 aromatic heterocycles. The van der Waals surface area contributed by atoms with Gasteiger partial charge in [0.25, 0.3) is 0 Å². The van der Waals surface area contributed by atoms with E-state index in [9.17, 15) is 39.0 Å². The highest BCUT2D eigenvalue weighted by molar-refractivity contribution is 5.95. The predicted octanol–water partition coefficient (Wildman–Crippen LogP) is -4.89. The molecule has 0 rings (SSSR count). The zero-order valence-corrected chi connectivity index (χ0v) is 18.1. The summed E-state index contributed by atoms with van der Waals surface area (Å²) in [5, 5.41) is 25.4. The van der Waals surface area contributed by atoms with E-state index in [0.717, 1.165) is 0 Å². The van der Waals surface area contributed by atoms with E-state index in [1.807, 2.05) is 0 Å². The van der Waals surface area contributed by atoms with Gasteiger partial charge in [0.2, 0.25) is 29.5 Å². The van der Waals surface area contributed by atoms with E-state index in [0.29, 0.717) is 19.4 Å². The molecule has 0 aromatic carbocycles. The van der Waals surface area contributed by atoms with Crippen molar-refractivity contribution in [1.82, 2.24) is 16.0 Å². The van der Waals surface area contributed by atoms with Gasteiger partial charge in [0.1, 0.15) is 18.1 Å². The summed E-state index contributed by atoms with van der Waals surface area (Å²) in [7, 11) is 0. The number of carbonyl (C=O) groups is 6. The molecule has 13 N–H and O–H groups in total. The Labute approximate surface area is 190 Å². The van der Waals surface area contributed by atoms with Crippen LogP contribution in [0.5, 0.6) is 0 Å². The summed E-state index contributed by atoms with van der Waals surface area (Å²) in [6.45, 7) is -0.558. The van der Waals surface area contributed by atoms with Gasteiger partial charge >= 0.3 is 5.97 Å². The molecule has 4 atom stereocenters. The van der Waals surface area contributed by atoms with Gasteiger partial charge in [0, 0.05) is 6.42 Å². The van der Waals surface area contributed by atoms with Gasteiger partial charge in [-0.25, -0.2) is 4.79 Å². The van der Waals surface area contributed by atoms with E-state index >= 15 is 0 Å². The highest BCUT2D eigenvalue weighted by Gasteiger charge is 2.30. The number of hydrogen-bond donors (Lipinski definition) is 9. The maximum atomic E-state index is 12.7. The lowest BCUT2D eigenvalue weighted by Gasteiger charge is -2.24. The number of carboxylic acids is 1. The first-order valence-corrected chi connectivity index (χ1v) is 10.2. The van der Waals surface area contributed by atoms with Crippen molar-refractivity contribution >= 4 is 35.5 Å². The van der Waals surface area contributed by atoms with Crippen LogP contribution in [0, 0.1) is 0 Å². The number of primary amides is 2.